The topological polar surface area (TPSA) is 64.6 Å². The molecule has 2 aromatic carbocycles. The molecule has 1 amide bonds. The van der Waals surface area contributed by atoms with Crippen LogP contribution in [0.25, 0.3) is 0 Å². The number of esters is 1. The van der Waals surface area contributed by atoms with Gasteiger partial charge in [-0.05, 0) is 30.5 Å². The third kappa shape index (κ3) is 7.52. The molecule has 5 heteroatoms. The Balaban J connectivity index is 1.80. The van der Waals surface area contributed by atoms with Crippen LogP contribution in [0.3, 0.4) is 0 Å². The van der Waals surface area contributed by atoms with Crippen LogP contribution in [0.2, 0.25) is 0 Å². The molecule has 0 bridgehead atoms. The van der Waals surface area contributed by atoms with E-state index < -0.39 is 5.97 Å². The number of benzene rings is 2. The molecular formula is C22H27NO4. The average molecular weight is 369 g/mol. The molecule has 27 heavy (non-hydrogen) atoms. The van der Waals surface area contributed by atoms with Gasteiger partial charge in [0.15, 0.2) is 13.2 Å². The van der Waals surface area contributed by atoms with Crippen LogP contribution in [0, 0.1) is 0 Å². The van der Waals surface area contributed by atoms with Crippen LogP contribution >= 0.6 is 0 Å². The molecule has 2 aromatic rings. The third-order valence-corrected chi connectivity index (χ3v) is 4.05. The first-order valence-corrected chi connectivity index (χ1v) is 9.28. The van der Waals surface area contributed by atoms with Crippen molar-refractivity contribution in [3.8, 4) is 5.75 Å². The van der Waals surface area contributed by atoms with Gasteiger partial charge in [0.1, 0.15) is 5.75 Å². The van der Waals surface area contributed by atoms with Crippen LogP contribution in [-0.4, -0.2) is 31.1 Å². The smallest absolute Gasteiger partial charge is 0.344 e. The van der Waals surface area contributed by atoms with Gasteiger partial charge in [0.25, 0.3) is 5.91 Å². The number of nitrogens with one attached hydrogen (secondary N) is 1. The molecule has 1 atom stereocenters. The standard InChI is InChI=1S/C22H27NO4/c1-3-9-17(2)23-21(24)15-27-22(25)16-26-20-13-8-7-12-19(20)14-18-10-5-4-6-11-18/h4-8,10-13,17H,3,9,14-16H2,1-2H3,(H,23,24)/t17-/m0/s1. The number of hydrogen-bond acceptors (Lipinski definition) is 4. The minimum Gasteiger partial charge on any atom is -0.482 e. The number of rotatable bonds is 10. The van der Waals surface area contributed by atoms with Crippen molar-refractivity contribution in [2.24, 2.45) is 0 Å². The number of amides is 1. The molecule has 144 valence electrons. The molecule has 1 N–H and O–H groups in total. The van der Waals surface area contributed by atoms with Gasteiger partial charge in [0, 0.05) is 12.5 Å². The molecule has 0 spiro atoms. The SMILES string of the molecule is CCC[C@H](C)NC(=O)COC(=O)COc1ccccc1Cc1ccccc1. The zero-order valence-electron chi connectivity index (χ0n) is 15.9. The predicted octanol–water partition coefficient (Wildman–Crippen LogP) is 3.50. The highest BCUT2D eigenvalue weighted by molar-refractivity contribution is 5.81. The van der Waals surface area contributed by atoms with Crippen molar-refractivity contribution >= 4 is 11.9 Å². The highest BCUT2D eigenvalue weighted by Gasteiger charge is 2.12. The van der Waals surface area contributed by atoms with Crippen molar-refractivity contribution in [2.45, 2.75) is 39.2 Å². The molecule has 0 unspecified atom stereocenters. The van der Waals surface area contributed by atoms with Gasteiger partial charge < -0.3 is 14.8 Å². The Kier molecular flexibility index (Phi) is 8.36. The summed E-state index contributed by atoms with van der Waals surface area (Å²) in [6.07, 6.45) is 2.59. The lowest BCUT2D eigenvalue weighted by atomic mass is 10.0. The van der Waals surface area contributed by atoms with Gasteiger partial charge in [-0.2, -0.15) is 0 Å². The Labute approximate surface area is 160 Å². The molecular weight excluding hydrogens is 342 g/mol. The maximum absolute atomic E-state index is 11.9. The summed E-state index contributed by atoms with van der Waals surface area (Å²) in [7, 11) is 0. The molecule has 2 rings (SSSR count). The van der Waals surface area contributed by atoms with E-state index in [1.807, 2.05) is 61.5 Å². The molecule has 0 fully saturated rings. The minimum atomic E-state index is -0.567. The van der Waals surface area contributed by atoms with Crippen molar-refractivity contribution < 1.29 is 19.1 Å². The van der Waals surface area contributed by atoms with E-state index in [1.54, 1.807) is 0 Å². The largest absolute Gasteiger partial charge is 0.482 e. The molecule has 0 heterocycles. The predicted molar refractivity (Wildman–Crippen MR) is 105 cm³/mol. The monoisotopic (exact) mass is 369 g/mol. The molecule has 0 saturated carbocycles. The summed E-state index contributed by atoms with van der Waals surface area (Å²) in [5.41, 5.74) is 2.15. The summed E-state index contributed by atoms with van der Waals surface area (Å²) in [5.74, 6) is -0.226. The first-order chi connectivity index (χ1) is 13.1. The third-order valence-electron chi connectivity index (χ3n) is 4.05. The van der Waals surface area contributed by atoms with Crippen LogP contribution < -0.4 is 10.1 Å². The molecule has 0 aromatic heterocycles. The minimum absolute atomic E-state index is 0.0716. The summed E-state index contributed by atoms with van der Waals surface area (Å²) in [4.78, 5) is 23.6. The van der Waals surface area contributed by atoms with E-state index in [0.29, 0.717) is 12.2 Å². The molecule has 0 aliphatic heterocycles. The van der Waals surface area contributed by atoms with E-state index in [0.717, 1.165) is 24.0 Å². The number of hydrogen-bond donors (Lipinski definition) is 1. The molecule has 0 aliphatic rings. The fraction of sp³-hybridized carbons (Fsp3) is 0.364. The Bertz CT molecular complexity index is 730. The lowest BCUT2D eigenvalue weighted by Crippen LogP contribution is -2.36. The summed E-state index contributed by atoms with van der Waals surface area (Å²) in [6.45, 7) is 3.46. The zero-order valence-corrected chi connectivity index (χ0v) is 15.9. The van der Waals surface area contributed by atoms with Crippen molar-refractivity contribution in [2.75, 3.05) is 13.2 Å². The normalized spacial score (nSPS) is 11.5. The maximum atomic E-state index is 11.9. The lowest BCUT2D eigenvalue weighted by Gasteiger charge is -2.13. The molecule has 0 aliphatic carbocycles. The fourth-order valence-electron chi connectivity index (χ4n) is 2.75. The Morgan fingerprint density at radius 2 is 1.70 bits per heavy atom. The van der Waals surface area contributed by atoms with E-state index in [4.69, 9.17) is 9.47 Å². The van der Waals surface area contributed by atoms with Gasteiger partial charge in [0.2, 0.25) is 0 Å². The Morgan fingerprint density at radius 1 is 1.00 bits per heavy atom. The highest BCUT2D eigenvalue weighted by atomic mass is 16.6. The summed E-state index contributed by atoms with van der Waals surface area (Å²) in [6, 6.07) is 17.7. The van der Waals surface area contributed by atoms with E-state index in [9.17, 15) is 9.59 Å². The van der Waals surface area contributed by atoms with E-state index in [-0.39, 0.29) is 25.2 Å². The van der Waals surface area contributed by atoms with Crippen molar-refractivity contribution in [1.82, 2.24) is 5.32 Å². The van der Waals surface area contributed by atoms with Crippen molar-refractivity contribution in [1.29, 1.82) is 0 Å². The number of carbonyl (C=O) groups excluding carboxylic acids is 2. The second kappa shape index (κ2) is 11.0. The van der Waals surface area contributed by atoms with Crippen LogP contribution in [0.4, 0.5) is 0 Å². The van der Waals surface area contributed by atoms with E-state index in [1.165, 1.54) is 0 Å². The van der Waals surface area contributed by atoms with Crippen LogP contribution in [-0.2, 0) is 20.7 Å². The van der Waals surface area contributed by atoms with Gasteiger partial charge in [-0.3, -0.25) is 4.79 Å². The first-order valence-electron chi connectivity index (χ1n) is 9.28. The second-order valence-electron chi connectivity index (χ2n) is 6.48. The summed E-state index contributed by atoms with van der Waals surface area (Å²) in [5, 5.41) is 2.79. The van der Waals surface area contributed by atoms with E-state index >= 15 is 0 Å². The second-order valence-corrected chi connectivity index (χ2v) is 6.48. The molecule has 0 radical (unpaired) electrons. The van der Waals surface area contributed by atoms with Crippen molar-refractivity contribution in [3.05, 3.63) is 65.7 Å². The van der Waals surface area contributed by atoms with Gasteiger partial charge in [0.05, 0.1) is 0 Å². The van der Waals surface area contributed by atoms with Crippen LogP contribution in [0.5, 0.6) is 5.75 Å². The summed E-state index contributed by atoms with van der Waals surface area (Å²) >= 11 is 0. The first kappa shape index (κ1) is 20.5. The number of carbonyl (C=O) groups is 2. The van der Waals surface area contributed by atoms with Gasteiger partial charge >= 0.3 is 5.97 Å². The van der Waals surface area contributed by atoms with E-state index in [2.05, 4.69) is 12.2 Å². The zero-order chi connectivity index (χ0) is 19.5. The van der Waals surface area contributed by atoms with Gasteiger partial charge in [-0.15, -0.1) is 0 Å². The van der Waals surface area contributed by atoms with Gasteiger partial charge in [-0.1, -0.05) is 61.9 Å². The Morgan fingerprint density at radius 3 is 2.44 bits per heavy atom. The van der Waals surface area contributed by atoms with Crippen LogP contribution in [0.1, 0.15) is 37.8 Å². The lowest BCUT2D eigenvalue weighted by molar-refractivity contribution is -0.150. The highest BCUT2D eigenvalue weighted by Crippen LogP contribution is 2.21. The number of ether oxygens (including phenoxy) is 2. The Hall–Kier alpha value is -2.82. The molecule has 0 saturated heterocycles. The quantitative estimate of drug-likeness (QED) is 0.651. The summed E-state index contributed by atoms with van der Waals surface area (Å²) < 4.78 is 10.6. The average Bonchev–Trinajstić information content (AvgIpc) is 2.66. The maximum Gasteiger partial charge on any atom is 0.344 e. The number of para-hydroxylation sites is 1. The fourth-order valence-corrected chi connectivity index (χ4v) is 2.75. The molecule has 5 nitrogen and oxygen atoms in total. The van der Waals surface area contributed by atoms with Crippen LogP contribution in [0.15, 0.2) is 54.6 Å². The van der Waals surface area contributed by atoms with Gasteiger partial charge in [-0.25, -0.2) is 4.79 Å². The van der Waals surface area contributed by atoms with Crippen molar-refractivity contribution in [3.63, 3.8) is 0 Å².